The van der Waals surface area contributed by atoms with E-state index in [1.54, 1.807) is 0 Å². The van der Waals surface area contributed by atoms with Gasteiger partial charge in [-0.3, -0.25) is 81.9 Å². The highest BCUT2D eigenvalue weighted by Gasteiger charge is 2.27. The zero-order valence-corrected chi connectivity index (χ0v) is 35.8. The Hall–Kier alpha value is -6.61. The SMILES string of the molecule is COCCC(=O)NC(CCC(=O)CCN1C(=O)C=CC1=O)CCC(=O)CCN1C(=O)C=CC1=O.O=C(CCCOCCCNC(=O)CCN1C(=O)C=CC1=O)CCN1C(=O)C=CC1=O. The number of carbonyl (C=O) groups is 13. The maximum Gasteiger partial charge on any atom is 0.253 e. The Balaban J connectivity index is 0.000000343. The number of amides is 10. The van der Waals surface area contributed by atoms with E-state index in [1.165, 1.54) is 31.4 Å². The van der Waals surface area contributed by atoms with Gasteiger partial charge in [-0.25, -0.2) is 0 Å². The van der Waals surface area contributed by atoms with Crippen LogP contribution in [0.15, 0.2) is 48.6 Å². The number of ether oxygens (including phenoxy) is 2. The molecule has 4 heterocycles. The molecule has 0 spiro atoms. The zero-order valence-electron chi connectivity index (χ0n) is 35.8. The Morgan fingerprint density at radius 3 is 1.20 bits per heavy atom. The molecule has 0 aromatic rings. The van der Waals surface area contributed by atoms with Crippen LogP contribution >= 0.6 is 0 Å². The lowest BCUT2D eigenvalue weighted by Crippen LogP contribution is -2.37. The van der Waals surface area contributed by atoms with Crippen LogP contribution in [0.1, 0.15) is 77.0 Å². The topological polar surface area (TPSA) is 277 Å². The maximum atomic E-state index is 12.3. The van der Waals surface area contributed by atoms with Crippen molar-refractivity contribution in [1.29, 1.82) is 0 Å². The second-order valence-electron chi connectivity index (χ2n) is 14.8. The van der Waals surface area contributed by atoms with Gasteiger partial charge in [-0.1, -0.05) is 0 Å². The summed E-state index contributed by atoms with van der Waals surface area (Å²) in [5, 5.41) is 5.49. The molecule has 64 heavy (non-hydrogen) atoms. The van der Waals surface area contributed by atoms with Crippen LogP contribution in [0.4, 0.5) is 0 Å². The first-order valence-corrected chi connectivity index (χ1v) is 20.9. The highest BCUT2D eigenvalue weighted by Crippen LogP contribution is 2.13. The lowest BCUT2D eigenvalue weighted by Gasteiger charge is -2.19. The molecule has 4 aliphatic heterocycles. The average Bonchev–Trinajstić information content (AvgIpc) is 3.98. The van der Waals surface area contributed by atoms with Crippen molar-refractivity contribution < 1.29 is 71.8 Å². The number of hydrogen-bond acceptors (Lipinski definition) is 15. The molecule has 0 aromatic carbocycles. The van der Waals surface area contributed by atoms with Crippen molar-refractivity contribution in [3.63, 3.8) is 0 Å². The number of nitrogens with zero attached hydrogens (tertiary/aromatic N) is 4. The van der Waals surface area contributed by atoms with E-state index in [4.69, 9.17) is 9.47 Å². The minimum Gasteiger partial charge on any atom is -0.384 e. The number of hydrogen-bond donors (Lipinski definition) is 2. The molecule has 0 fully saturated rings. The highest BCUT2D eigenvalue weighted by atomic mass is 16.5. The van der Waals surface area contributed by atoms with Crippen LogP contribution in [-0.2, 0) is 71.8 Å². The molecule has 0 saturated heterocycles. The van der Waals surface area contributed by atoms with Gasteiger partial charge in [0.05, 0.1) is 6.61 Å². The van der Waals surface area contributed by atoms with Crippen molar-refractivity contribution in [1.82, 2.24) is 30.2 Å². The maximum absolute atomic E-state index is 12.3. The van der Waals surface area contributed by atoms with Crippen LogP contribution in [-0.4, -0.2) is 162 Å². The van der Waals surface area contributed by atoms with Crippen molar-refractivity contribution in [3.05, 3.63) is 48.6 Å². The molecule has 4 rings (SSSR count). The summed E-state index contributed by atoms with van der Waals surface area (Å²) in [7, 11) is 1.47. The third kappa shape index (κ3) is 18.4. The van der Waals surface area contributed by atoms with Gasteiger partial charge < -0.3 is 20.1 Å². The van der Waals surface area contributed by atoms with E-state index < -0.39 is 53.3 Å². The van der Waals surface area contributed by atoms with Gasteiger partial charge >= 0.3 is 0 Å². The Labute approximate surface area is 369 Å². The number of nitrogens with one attached hydrogen (secondary N) is 2. The van der Waals surface area contributed by atoms with Crippen LogP contribution in [0, 0.1) is 0 Å². The van der Waals surface area contributed by atoms with E-state index >= 15 is 0 Å². The molecule has 21 nitrogen and oxygen atoms in total. The van der Waals surface area contributed by atoms with Crippen molar-refractivity contribution in [2.45, 2.75) is 83.1 Å². The molecule has 10 amide bonds. The minimum absolute atomic E-state index is 0.00432. The van der Waals surface area contributed by atoms with Crippen LogP contribution in [0.25, 0.3) is 0 Å². The first-order chi connectivity index (χ1) is 30.6. The number of rotatable bonds is 30. The van der Waals surface area contributed by atoms with Gasteiger partial charge in [0.1, 0.15) is 17.3 Å². The Morgan fingerprint density at radius 2 is 0.812 bits per heavy atom. The lowest BCUT2D eigenvalue weighted by atomic mass is 10.00. The van der Waals surface area contributed by atoms with Gasteiger partial charge in [0.15, 0.2) is 0 Å². The standard InChI is InChI=1S/C23H29N3O8.C20H25N3O7/c1-34-15-12-19(29)24-16(2-4-17(27)10-13-25-20(30)6-7-21(25)31)3-5-18(28)11-14-26-22(32)8-9-23(26)33;24-15(8-11-22-17(26)4-5-18(22)27)3-1-13-30-14-2-10-21-16(25)9-12-23-19(28)6-7-20(23)29/h6-9,16H,2-5,10-15H2,1H3,(H,24,29);4-7H,1-3,8-14H2,(H,21,25). The number of ketones is 3. The number of imide groups is 4. The zero-order chi connectivity index (χ0) is 47.0. The predicted octanol–water partition coefficient (Wildman–Crippen LogP) is -0.675. The third-order valence-corrected chi connectivity index (χ3v) is 9.98. The second kappa shape index (κ2) is 27.4. The van der Waals surface area contributed by atoms with E-state index in [0.29, 0.717) is 39.0 Å². The summed E-state index contributed by atoms with van der Waals surface area (Å²) < 4.78 is 10.3. The summed E-state index contributed by atoms with van der Waals surface area (Å²) in [6.07, 6.45) is 11.9. The summed E-state index contributed by atoms with van der Waals surface area (Å²) in [6.45, 7) is 1.60. The summed E-state index contributed by atoms with van der Waals surface area (Å²) in [6, 6.07) is -0.439. The van der Waals surface area contributed by atoms with E-state index in [9.17, 15) is 62.3 Å². The fourth-order valence-corrected chi connectivity index (χ4v) is 6.32. The molecule has 346 valence electrons. The Bertz CT molecular complexity index is 1760. The van der Waals surface area contributed by atoms with Crippen LogP contribution < -0.4 is 10.6 Å². The molecule has 0 radical (unpaired) electrons. The van der Waals surface area contributed by atoms with Crippen LogP contribution in [0.3, 0.4) is 0 Å². The van der Waals surface area contributed by atoms with Gasteiger partial charge in [0.25, 0.3) is 47.3 Å². The summed E-state index contributed by atoms with van der Waals surface area (Å²) in [5.74, 6) is -4.31. The van der Waals surface area contributed by atoms with Gasteiger partial charge in [0.2, 0.25) is 11.8 Å². The minimum atomic E-state index is -0.451. The molecule has 0 unspecified atom stereocenters. The molecule has 2 N–H and O–H groups in total. The highest BCUT2D eigenvalue weighted by molar-refractivity contribution is 6.14. The molecule has 4 aliphatic rings. The first kappa shape index (κ1) is 51.7. The molecule has 0 atom stereocenters. The molecular weight excluding hydrogens is 840 g/mol. The summed E-state index contributed by atoms with van der Waals surface area (Å²) in [4.78, 5) is 156. The summed E-state index contributed by atoms with van der Waals surface area (Å²) >= 11 is 0. The molecule has 0 bridgehead atoms. The molecule has 0 aromatic heterocycles. The number of Topliss-reactive ketones (excluding diaryl/α,β-unsaturated/α-hetero) is 3. The Morgan fingerprint density at radius 1 is 0.453 bits per heavy atom. The van der Waals surface area contributed by atoms with Crippen molar-refractivity contribution in [3.8, 4) is 0 Å². The van der Waals surface area contributed by atoms with Gasteiger partial charge in [-0.15, -0.1) is 0 Å². The summed E-state index contributed by atoms with van der Waals surface area (Å²) in [5.41, 5.74) is 0. The largest absolute Gasteiger partial charge is 0.384 e. The third-order valence-electron chi connectivity index (χ3n) is 9.98. The first-order valence-electron chi connectivity index (χ1n) is 20.9. The number of carbonyl (C=O) groups excluding carboxylic acids is 13. The van der Waals surface area contributed by atoms with E-state index in [-0.39, 0.29) is 120 Å². The van der Waals surface area contributed by atoms with E-state index in [1.807, 2.05) is 0 Å². The predicted molar refractivity (Wildman–Crippen MR) is 222 cm³/mol. The molecule has 21 heteroatoms. The smallest absolute Gasteiger partial charge is 0.253 e. The van der Waals surface area contributed by atoms with E-state index in [2.05, 4.69) is 10.6 Å². The van der Waals surface area contributed by atoms with Gasteiger partial charge in [0, 0.05) is 159 Å². The molecule has 0 saturated carbocycles. The van der Waals surface area contributed by atoms with Crippen molar-refractivity contribution >= 4 is 76.4 Å². The van der Waals surface area contributed by atoms with E-state index in [0.717, 1.165) is 43.9 Å². The quantitative estimate of drug-likeness (QED) is 0.0668. The molecular formula is C43H54N6O15. The molecule has 0 aliphatic carbocycles. The van der Waals surface area contributed by atoms with Gasteiger partial charge in [-0.05, 0) is 25.7 Å². The lowest BCUT2D eigenvalue weighted by molar-refractivity contribution is -0.139. The van der Waals surface area contributed by atoms with Crippen molar-refractivity contribution in [2.24, 2.45) is 0 Å². The monoisotopic (exact) mass is 894 g/mol. The normalized spacial score (nSPS) is 15.4. The fraction of sp³-hybridized carbons (Fsp3) is 0.512. The fourth-order valence-electron chi connectivity index (χ4n) is 6.32. The average molecular weight is 895 g/mol. The van der Waals surface area contributed by atoms with Crippen LogP contribution in [0.2, 0.25) is 0 Å². The van der Waals surface area contributed by atoms with Gasteiger partial charge in [-0.2, -0.15) is 0 Å². The number of methoxy groups -OCH3 is 1. The van der Waals surface area contributed by atoms with Crippen molar-refractivity contribution in [2.75, 3.05) is 59.7 Å². The Kier molecular flexibility index (Phi) is 22.2. The van der Waals surface area contributed by atoms with Crippen LogP contribution in [0.5, 0.6) is 0 Å². The second-order valence-corrected chi connectivity index (χ2v) is 14.8.